The largest absolute Gasteiger partial charge is 0.399 e. The molecule has 94 valence electrons. The van der Waals surface area contributed by atoms with Crippen molar-refractivity contribution >= 4 is 11.6 Å². The summed E-state index contributed by atoms with van der Waals surface area (Å²) in [5.74, 6) is -0.0579. The number of amides is 1. The fourth-order valence-corrected chi connectivity index (χ4v) is 1.80. The fourth-order valence-electron chi connectivity index (χ4n) is 1.80. The van der Waals surface area contributed by atoms with Crippen LogP contribution in [0.4, 0.5) is 5.69 Å². The van der Waals surface area contributed by atoms with Gasteiger partial charge in [-0.25, -0.2) is 4.98 Å². The number of nitrogens with zero attached hydrogens (tertiary/aromatic N) is 3. The molecule has 0 aliphatic rings. The zero-order valence-corrected chi connectivity index (χ0v) is 10.5. The van der Waals surface area contributed by atoms with Gasteiger partial charge in [0.2, 0.25) is 0 Å². The fraction of sp³-hybridized carbons (Fsp3) is 0.231. The van der Waals surface area contributed by atoms with Crippen LogP contribution in [0.25, 0.3) is 0 Å². The van der Waals surface area contributed by atoms with Crippen molar-refractivity contribution in [2.45, 2.75) is 6.54 Å². The minimum atomic E-state index is -0.0579. The summed E-state index contributed by atoms with van der Waals surface area (Å²) in [5.41, 5.74) is 7.99. The Morgan fingerprint density at radius 2 is 2.28 bits per heavy atom. The molecule has 2 N–H and O–H groups in total. The molecule has 0 bridgehead atoms. The molecule has 0 fully saturated rings. The highest BCUT2D eigenvalue weighted by Crippen LogP contribution is 2.10. The summed E-state index contributed by atoms with van der Waals surface area (Å²) in [6.07, 6.45) is 3.18. The molecule has 2 rings (SSSR count). The van der Waals surface area contributed by atoms with Crippen LogP contribution in [-0.4, -0.2) is 27.4 Å². The average molecular weight is 244 g/mol. The lowest BCUT2D eigenvalue weighted by Gasteiger charge is -2.17. The molecule has 0 aliphatic heterocycles. The molecule has 1 aromatic carbocycles. The molecule has 0 saturated heterocycles. The van der Waals surface area contributed by atoms with Crippen molar-refractivity contribution in [1.82, 2.24) is 14.5 Å². The maximum atomic E-state index is 12.1. The second-order valence-electron chi connectivity index (χ2n) is 4.30. The van der Waals surface area contributed by atoms with Gasteiger partial charge in [-0.05, 0) is 17.7 Å². The molecular weight excluding hydrogens is 228 g/mol. The van der Waals surface area contributed by atoms with Gasteiger partial charge < -0.3 is 15.2 Å². The predicted molar refractivity (Wildman–Crippen MR) is 69.9 cm³/mol. The van der Waals surface area contributed by atoms with Gasteiger partial charge in [0, 0.05) is 26.3 Å². The van der Waals surface area contributed by atoms with E-state index >= 15 is 0 Å². The summed E-state index contributed by atoms with van der Waals surface area (Å²) in [4.78, 5) is 17.7. The van der Waals surface area contributed by atoms with Gasteiger partial charge in [0.05, 0.1) is 12.5 Å². The van der Waals surface area contributed by atoms with Crippen molar-refractivity contribution < 1.29 is 4.79 Å². The maximum absolute atomic E-state index is 12.1. The van der Waals surface area contributed by atoms with E-state index in [0.29, 0.717) is 17.9 Å². The van der Waals surface area contributed by atoms with Crippen LogP contribution in [0, 0.1) is 0 Å². The number of rotatable bonds is 3. The first kappa shape index (κ1) is 12.2. The van der Waals surface area contributed by atoms with Gasteiger partial charge >= 0.3 is 0 Å². The highest BCUT2D eigenvalue weighted by molar-refractivity contribution is 5.92. The van der Waals surface area contributed by atoms with Crippen molar-refractivity contribution in [2.24, 2.45) is 7.05 Å². The number of aromatic nitrogens is 2. The highest BCUT2D eigenvalue weighted by Gasteiger charge is 2.15. The van der Waals surface area contributed by atoms with Gasteiger partial charge in [-0.2, -0.15) is 0 Å². The van der Waals surface area contributed by atoms with E-state index in [0.717, 1.165) is 5.56 Å². The van der Waals surface area contributed by atoms with Crippen LogP contribution in [0.1, 0.15) is 16.1 Å². The van der Waals surface area contributed by atoms with Gasteiger partial charge in [0.15, 0.2) is 0 Å². The summed E-state index contributed by atoms with van der Waals surface area (Å²) in [7, 11) is 3.56. The molecule has 0 aliphatic carbocycles. The van der Waals surface area contributed by atoms with Crippen LogP contribution < -0.4 is 5.73 Å². The minimum absolute atomic E-state index is 0.0579. The van der Waals surface area contributed by atoms with E-state index in [9.17, 15) is 4.79 Å². The zero-order valence-electron chi connectivity index (χ0n) is 10.5. The number of benzene rings is 1. The topological polar surface area (TPSA) is 64.2 Å². The van der Waals surface area contributed by atoms with E-state index < -0.39 is 0 Å². The van der Waals surface area contributed by atoms with Gasteiger partial charge in [-0.15, -0.1) is 0 Å². The molecule has 5 nitrogen and oxygen atoms in total. The quantitative estimate of drug-likeness (QED) is 0.827. The van der Waals surface area contributed by atoms with Crippen molar-refractivity contribution in [3.05, 3.63) is 48.0 Å². The number of nitrogen functional groups attached to an aromatic ring is 1. The standard InChI is InChI=1S/C13H16N4O/c1-16(8-10-4-3-5-11(14)6-10)13(18)12-7-15-9-17(12)2/h3-7,9H,8,14H2,1-2H3. The van der Waals surface area contributed by atoms with Crippen LogP contribution >= 0.6 is 0 Å². The molecule has 0 radical (unpaired) electrons. The Morgan fingerprint density at radius 3 is 2.89 bits per heavy atom. The van der Waals surface area contributed by atoms with E-state index in [1.54, 1.807) is 36.1 Å². The molecule has 0 saturated carbocycles. The second-order valence-corrected chi connectivity index (χ2v) is 4.30. The number of hydrogen-bond donors (Lipinski definition) is 1. The number of carbonyl (C=O) groups excluding carboxylic acids is 1. The number of imidazole rings is 1. The molecule has 18 heavy (non-hydrogen) atoms. The van der Waals surface area contributed by atoms with Crippen LogP contribution in [0.15, 0.2) is 36.8 Å². The van der Waals surface area contributed by atoms with E-state index in [1.807, 2.05) is 24.3 Å². The van der Waals surface area contributed by atoms with Crippen molar-refractivity contribution in [2.75, 3.05) is 12.8 Å². The molecule has 2 aromatic rings. The molecule has 0 spiro atoms. The summed E-state index contributed by atoms with van der Waals surface area (Å²) < 4.78 is 1.71. The molecule has 1 aromatic heterocycles. The summed E-state index contributed by atoms with van der Waals surface area (Å²) in [6, 6.07) is 7.52. The first-order chi connectivity index (χ1) is 8.58. The van der Waals surface area contributed by atoms with E-state index in [-0.39, 0.29) is 5.91 Å². The lowest BCUT2D eigenvalue weighted by molar-refractivity contribution is 0.0775. The van der Waals surface area contributed by atoms with Crippen LogP contribution in [0.3, 0.4) is 0 Å². The monoisotopic (exact) mass is 244 g/mol. The third kappa shape index (κ3) is 2.51. The summed E-state index contributed by atoms with van der Waals surface area (Å²) in [5, 5.41) is 0. The number of hydrogen-bond acceptors (Lipinski definition) is 3. The maximum Gasteiger partial charge on any atom is 0.272 e. The first-order valence-electron chi connectivity index (χ1n) is 5.64. The van der Waals surface area contributed by atoms with Crippen LogP contribution in [-0.2, 0) is 13.6 Å². The van der Waals surface area contributed by atoms with Gasteiger partial charge in [-0.3, -0.25) is 4.79 Å². The smallest absolute Gasteiger partial charge is 0.272 e. The third-order valence-corrected chi connectivity index (χ3v) is 2.75. The van der Waals surface area contributed by atoms with E-state index in [1.165, 1.54) is 0 Å². The Hall–Kier alpha value is -2.30. The number of aryl methyl sites for hydroxylation is 1. The summed E-state index contributed by atoms with van der Waals surface area (Å²) in [6.45, 7) is 0.523. The molecule has 1 amide bonds. The molecule has 1 heterocycles. The molecule has 0 unspecified atom stereocenters. The Labute approximate surface area is 106 Å². The van der Waals surface area contributed by atoms with Gasteiger partial charge in [0.25, 0.3) is 5.91 Å². The lowest BCUT2D eigenvalue weighted by Crippen LogP contribution is -2.27. The Kier molecular flexibility index (Phi) is 3.32. The molecule has 0 atom stereocenters. The molecular formula is C13H16N4O. The zero-order chi connectivity index (χ0) is 13.1. The minimum Gasteiger partial charge on any atom is -0.399 e. The van der Waals surface area contributed by atoms with Crippen molar-refractivity contribution in [3.63, 3.8) is 0 Å². The van der Waals surface area contributed by atoms with Crippen LogP contribution in [0.5, 0.6) is 0 Å². The number of carbonyl (C=O) groups is 1. The van der Waals surface area contributed by atoms with Crippen molar-refractivity contribution in [1.29, 1.82) is 0 Å². The lowest BCUT2D eigenvalue weighted by atomic mass is 10.2. The van der Waals surface area contributed by atoms with Gasteiger partial charge in [0.1, 0.15) is 5.69 Å². The number of anilines is 1. The predicted octanol–water partition coefficient (Wildman–Crippen LogP) is 1.27. The Balaban J connectivity index is 2.11. The Bertz CT molecular complexity index is 562. The normalized spacial score (nSPS) is 10.3. The van der Waals surface area contributed by atoms with Crippen LogP contribution in [0.2, 0.25) is 0 Å². The summed E-state index contributed by atoms with van der Waals surface area (Å²) >= 11 is 0. The Morgan fingerprint density at radius 1 is 1.50 bits per heavy atom. The van der Waals surface area contributed by atoms with E-state index in [4.69, 9.17) is 5.73 Å². The number of nitrogens with two attached hydrogens (primary N) is 1. The molecule has 5 heteroatoms. The first-order valence-corrected chi connectivity index (χ1v) is 5.64. The SMILES string of the molecule is CN(Cc1cccc(N)c1)C(=O)c1cncn1C. The second kappa shape index (κ2) is 4.91. The van der Waals surface area contributed by atoms with E-state index in [2.05, 4.69) is 4.98 Å². The van der Waals surface area contributed by atoms with Crippen molar-refractivity contribution in [3.8, 4) is 0 Å². The highest BCUT2D eigenvalue weighted by atomic mass is 16.2. The average Bonchev–Trinajstić information content (AvgIpc) is 2.74. The van der Waals surface area contributed by atoms with Gasteiger partial charge in [-0.1, -0.05) is 12.1 Å². The third-order valence-electron chi connectivity index (χ3n) is 2.75.